The summed E-state index contributed by atoms with van der Waals surface area (Å²) in [6.45, 7) is 0.717. The van der Waals surface area contributed by atoms with E-state index in [0.717, 1.165) is 5.82 Å². The number of aryl methyl sites for hydroxylation is 1. The van der Waals surface area contributed by atoms with Crippen LogP contribution in [-0.2, 0) is 23.0 Å². The predicted molar refractivity (Wildman–Crippen MR) is 59.8 cm³/mol. The number of imidazole rings is 1. The van der Waals surface area contributed by atoms with Gasteiger partial charge in [0.05, 0.1) is 0 Å². The molecule has 0 fully saturated rings. The molecular weight excluding hydrogens is 208 g/mol. The van der Waals surface area contributed by atoms with Crippen LogP contribution in [0, 0.1) is 0 Å². The minimum atomic E-state index is -0.568. The Balaban J connectivity index is 2.30. The van der Waals surface area contributed by atoms with Crippen LogP contribution in [-0.4, -0.2) is 41.8 Å². The molecule has 1 amide bonds. The molecule has 90 valence electrons. The van der Waals surface area contributed by atoms with Crippen molar-refractivity contribution < 1.29 is 9.53 Å². The van der Waals surface area contributed by atoms with Crippen molar-refractivity contribution in [1.82, 2.24) is 14.9 Å². The van der Waals surface area contributed by atoms with Gasteiger partial charge in [0.25, 0.3) is 0 Å². The molecule has 1 unspecified atom stereocenters. The summed E-state index contributed by atoms with van der Waals surface area (Å²) in [5.74, 6) is 0.751. The number of nitrogens with zero attached hydrogens (tertiary/aromatic N) is 2. The number of nitrogens with one attached hydrogen (secondary N) is 1. The van der Waals surface area contributed by atoms with Crippen molar-refractivity contribution in [2.24, 2.45) is 12.8 Å². The van der Waals surface area contributed by atoms with Gasteiger partial charge in [0.2, 0.25) is 5.91 Å². The summed E-state index contributed by atoms with van der Waals surface area (Å²) >= 11 is 0. The molecule has 1 aromatic rings. The van der Waals surface area contributed by atoms with Crippen LogP contribution in [0.15, 0.2) is 12.4 Å². The Morgan fingerprint density at radius 1 is 1.75 bits per heavy atom. The number of hydrogen-bond donors (Lipinski definition) is 2. The molecule has 0 aliphatic heterocycles. The fourth-order valence-electron chi connectivity index (χ4n) is 1.36. The number of methoxy groups -OCH3 is 1. The summed E-state index contributed by atoms with van der Waals surface area (Å²) in [6, 6.07) is 0. The molecule has 0 spiro atoms. The van der Waals surface area contributed by atoms with Crippen LogP contribution in [0.2, 0.25) is 0 Å². The Labute approximate surface area is 94.8 Å². The number of amides is 1. The van der Waals surface area contributed by atoms with Gasteiger partial charge in [0, 0.05) is 46.1 Å². The van der Waals surface area contributed by atoms with E-state index in [1.165, 1.54) is 7.11 Å². The summed E-state index contributed by atoms with van der Waals surface area (Å²) in [5.41, 5.74) is 5.37. The second-order valence-corrected chi connectivity index (χ2v) is 3.46. The van der Waals surface area contributed by atoms with Gasteiger partial charge in [0.15, 0.2) is 0 Å². The minimum absolute atomic E-state index is 0.181. The summed E-state index contributed by atoms with van der Waals surface area (Å²) < 4.78 is 6.83. The van der Waals surface area contributed by atoms with Crippen molar-refractivity contribution in [3.8, 4) is 0 Å². The molecule has 0 saturated carbocycles. The third-order valence-electron chi connectivity index (χ3n) is 2.36. The molecule has 1 aromatic heterocycles. The second kappa shape index (κ2) is 6.24. The third kappa shape index (κ3) is 3.32. The number of carbonyl (C=O) groups is 1. The Bertz CT molecular complexity index is 333. The Kier molecular flexibility index (Phi) is 4.94. The van der Waals surface area contributed by atoms with E-state index in [9.17, 15) is 4.79 Å². The lowest BCUT2D eigenvalue weighted by Crippen LogP contribution is -2.41. The van der Waals surface area contributed by atoms with E-state index in [1.807, 2.05) is 17.8 Å². The Morgan fingerprint density at radius 3 is 3.00 bits per heavy atom. The van der Waals surface area contributed by atoms with Gasteiger partial charge in [-0.1, -0.05) is 0 Å². The molecule has 0 aliphatic carbocycles. The number of carbonyl (C=O) groups excluding carboxylic acids is 1. The Morgan fingerprint density at radius 2 is 2.50 bits per heavy atom. The highest BCUT2D eigenvalue weighted by molar-refractivity contribution is 5.80. The van der Waals surface area contributed by atoms with Gasteiger partial charge in [-0.15, -0.1) is 0 Å². The smallest absolute Gasteiger partial charge is 0.250 e. The first-order chi connectivity index (χ1) is 7.69. The molecule has 0 aromatic carbocycles. The fraction of sp³-hybridized carbons (Fsp3) is 0.600. The lowest BCUT2D eigenvalue weighted by atomic mass is 10.3. The molecule has 1 heterocycles. The zero-order valence-corrected chi connectivity index (χ0v) is 9.64. The van der Waals surface area contributed by atoms with Crippen LogP contribution in [0.1, 0.15) is 5.82 Å². The highest BCUT2D eigenvalue weighted by Crippen LogP contribution is 1.94. The van der Waals surface area contributed by atoms with Gasteiger partial charge >= 0.3 is 0 Å². The molecule has 3 N–H and O–H groups in total. The van der Waals surface area contributed by atoms with E-state index in [4.69, 9.17) is 10.5 Å². The molecular formula is C10H18N4O2. The normalized spacial score (nSPS) is 12.4. The zero-order chi connectivity index (χ0) is 12.0. The van der Waals surface area contributed by atoms with Crippen LogP contribution in [0.3, 0.4) is 0 Å². The number of nitrogens with two attached hydrogens (primary N) is 1. The summed E-state index contributed by atoms with van der Waals surface area (Å²) in [7, 11) is 3.39. The van der Waals surface area contributed by atoms with Gasteiger partial charge in [-0.2, -0.15) is 0 Å². The zero-order valence-electron chi connectivity index (χ0n) is 9.64. The molecule has 0 bridgehead atoms. The van der Waals surface area contributed by atoms with Crippen molar-refractivity contribution in [2.75, 3.05) is 20.2 Å². The second-order valence-electron chi connectivity index (χ2n) is 3.46. The minimum Gasteiger partial charge on any atom is -0.370 e. The first kappa shape index (κ1) is 12.7. The molecule has 6 nitrogen and oxygen atoms in total. The lowest BCUT2D eigenvalue weighted by molar-refractivity contribution is -0.130. The monoisotopic (exact) mass is 226 g/mol. The number of ether oxygens (including phenoxy) is 1. The van der Waals surface area contributed by atoms with E-state index in [2.05, 4.69) is 10.3 Å². The van der Waals surface area contributed by atoms with Gasteiger partial charge in [-0.3, -0.25) is 4.79 Å². The quantitative estimate of drug-likeness (QED) is 0.655. The van der Waals surface area contributed by atoms with E-state index in [-0.39, 0.29) is 12.5 Å². The molecule has 0 saturated heterocycles. The molecule has 0 aliphatic rings. The van der Waals surface area contributed by atoms with Crippen LogP contribution in [0.25, 0.3) is 0 Å². The highest BCUT2D eigenvalue weighted by Gasteiger charge is 2.14. The van der Waals surface area contributed by atoms with Crippen LogP contribution in [0.4, 0.5) is 0 Å². The Hall–Kier alpha value is -1.40. The molecule has 1 rings (SSSR count). The van der Waals surface area contributed by atoms with Gasteiger partial charge in [-0.25, -0.2) is 4.98 Å². The SMILES string of the molecule is COC(CN)C(=O)NCCc1nccn1C. The van der Waals surface area contributed by atoms with E-state index < -0.39 is 6.10 Å². The van der Waals surface area contributed by atoms with Gasteiger partial charge in [0.1, 0.15) is 11.9 Å². The van der Waals surface area contributed by atoms with E-state index >= 15 is 0 Å². The number of rotatable bonds is 6. The maximum Gasteiger partial charge on any atom is 0.250 e. The van der Waals surface area contributed by atoms with Crippen LogP contribution >= 0.6 is 0 Å². The maximum atomic E-state index is 11.5. The van der Waals surface area contributed by atoms with Crippen molar-refractivity contribution in [3.63, 3.8) is 0 Å². The summed E-state index contributed by atoms with van der Waals surface area (Å²) in [6.07, 6.45) is 3.72. The van der Waals surface area contributed by atoms with Crippen LogP contribution < -0.4 is 11.1 Å². The van der Waals surface area contributed by atoms with Crippen molar-refractivity contribution >= 4 is 5.91 Å². The van der Waals surface area contributed by atoms with Crippen molar-refractivity contribution in [1.29, 1.82) is 0 Å². The molecule has 1 atom stereocenters. The van der Waals surface area contributed by atoms with Crippen LogP contribution in [0.5, 0.6) is 0 Å². The first-order valence-electron chi connectivity index (χ1n) is 5.15. The van der Waals surface area contributed by atoms with E-state index in [0.29, 0.717) is 13.0 Å². The highest BCUT2D eigenvalue weighted by atomic mass is 16.5. The largest absolute Gasteiger partial charge is 0.370 e. The van der Waals surface area contributed by atoms with Crippen molar-refractivity contribution in [2.45, 2.75) is 12.5 Å². The predicted octanol–water partition coefficient (Wildman–Crippen LogP) is -0.947. The van der Waals surface area contributed by atoms with Gasteiger partial charge < -0.3 is 20.4 Å². The standard InChI is InChI=1S/C10H18N4O2/c1-14-6-5-12-9(14)3-4-13-10(15)8(7-11)16-2/h5-6,8H,3-4,7,11H2,1-2H3,(H,13,15). The average molecular weight is 226 g/mol. The number of aromatic nitrogens is 2. The maximum absolute atomic E-state index is 11.5. The number of hydrogen-bond acceptors (Lipinski definition) is 4. The average Bonchev–Trinajstić information content (AvgIpc) is 2.66. The van der Waals surface area contributed by atoms with Gasteiger partial charge in [-0.05, 0) is 0 Å². The van der Waals surface area contributed by atoms with E-state index in [1.54, 1.807) is 6.20 Å². The molecule has 16 heavy (non-hydrogen) atoms. The third-order valence-corrected chi connectivity index (χ3v) is 2.36. The summed E-state index contributed by atoms with van der Waals surface area (Å²) in [4.78, 5) is 15.6. The fourth-order valence-corrected chi connectivity index (χ4v) is 1.36. The first-order valence-corrected chi connectivity index (χ1v) is 5.15. The van der Waals surface area contributed by atoms with Crippen molar-refractivity contribution in [3.05, 3.63) is 18.2 Å². The topological polar surface area (TPSA) is 82.2 Å². The molecule has 6 heteroatoms. The summed E-state index contributed by atoms with van der Waals surface area (Å²) in [5, 5.41) is 2.75. The lowest BCUT2D eigenvalue weighted by Gasteiger charge is -2.12. The molecule has 0 radical (unpaired) electrons.